The van der Waals surface area contributed by atoms with E-state index in [1.54, 1.807) is 0 Å². The van der Waals surface area contributed by atoms with Gasteiger partial charge in [0, 0.05) is 6.07 Å². The summed E-state index contributed by atoms with van der Waals surface area (Å²) in [6.07, 6.45) is -0.510. The first-order valence-electron chi connectivity index (χ1n) is 2.90. The Bertz CT molecular complexity index is 318. The third kappa shape index (κ3) is 2.06. The van der Waals surface area contributed by atoms with Crippen LogP contribution in [0.2, 0.25) is 5.15 Å². The Balaban J connectivity index is 2.97. The zero-order valence-electron chi connectivity index (χ0n) is 5.71. The van der Waals surface area contributed by atoms with Gasteiger partial charge in [0.25, 0.3) is 0 Å². The van der Waals surface area contributed by atoms with Crippen LogP contribution in [0.25, 0.3) is 0 Å². The normalized spacial score (nSPS) is 9.50. The number of halogens is 2. The second-order valence-electron chi connectivity index (χ2n) is 1.92. The minimum absolute atomic E-state index is 0.0279. The van der Waals surface area contributed by atoms with Crippen LogP contribution < -0.4 is 5.32 Å². The number of rotatable bonds is 1. The lowest BCUT2D eigenvalue weighted by atomic mass is 10.4. The lowest BCUT2D eigenvalue weighted by Gasteiger charge is -2.00. The molecule has 1 heterocycles. The quantitative estimate of drug-likeness (QED) is 0.666. The molecule has 0 aliphatic heterocycles. The fourth-order valence-electron chi connectivity index (χ4n) is 0.624. The highest BCUT2D eigenvalue weighted by Crippen LogP contribution is 2.16. The van der Waals surface area contributed by atoms with Crippen molar-refractivity contribution in [1.29, 1.82) is 0 Å². The molecule has 0 aliphatic carbocycles. The van der Waals surface area contributed by atoms with Gasteiger partial charge in [0.15, 0.2) is 5.82 Å². The molecule has 0 aliphatic rings. The monoisotopic (exact) mass is 190 g/mol. The maximum absolute atomic E-state index is 12.7. The number of anilines is 1. The number of carboxylic acid groups (broad SMARTS) is 1. The van der Waals surface area contributed by atoms with Crippen LogP contribution in [0.5, 0.6) is 0 Å². The van der Waals surface area contributed by atoms with Crippen molar-refractivity contribution in [3.63, 3.8) is 0 Å². The Morgan fingerprint density at radius 3 is 3.00 bits per heavy atom. The number of hydrogen-bond donors (Lipinski definition) is 2. The van der Waals surface area contributed by atoms with Crippen molar-refractivity contribution < 1.29 is 14.3 Å². The molecule has 1 rings (SSSR count). The van der Waals surface area contributed by atoms with Crippen LogP contribution in [0.1, 0.15) is 0 Å². The molecule has 4 nitrogen and oxygen atoms in total. The van der Waals surface area contributed by atoms with Gasteiger partial charge in [-0.3, -0.25) is 5.32 Å². The molecule has 12 heavy (non-hydrogen) atoms. The molecule has 1 aromatic rings. The van der Waals surface area contributed by atoms with Gasteiger partial charge in [-0.05, 0) is 0 Å². The lowest BCUT2D eigenvalue weighted by Crippen LogP contribution is -2.08. The Morgan fingerprint density at radius 2 is 2.42 bits per heavy atom. The predicted octanol–water partition coefficient (Wildman–Crippen LogP) is 1.96. The highest BCUT2D eigenvalue weighted by molar-refractivity contribution is 6.29. The van der Waals surface area contributed by atoms with E-state index in [9.17, 15) is 9.18 Å². The molecule has 2 N–H and O–H groups in total. The first-order valence-corrected chi connectivity index (χ1v) is 3.28. The van der Waals surface area contributed by atoms with Gasteiger partial charge in [-0.15, -0.1) is 0 Å². The summed E-state index contributed by atoms with van der Waals surface area (Å²) in [7, 11) is 0. The van der Waals surface area contributed by atoms with Crippen molar-refractivity contribution in [1.82, 2.24) is 4.98 Å². The summed E-state index contributed by atoms with van der Waals surface area (Å²) < 4.78 is 12.7. The number of nitrogens with one attached hydrogen (secondary N) is 1. The second-order valence-corrected chi connectivity index (χ2v) is 2.30. The van der Waals surface area contributed by atoms with E-state index in [1.807, 2.05) is 5.32 Å². The third-order valence-electron chi connectivity index (χ3n) is 1.06. The number of hydrogen-bond acceptors (Lipinski definition) is 2. The van der Waals surface area contributed by atoms with Crippen LogP contribution in [-0.4, -0.2) is 16.2 Å². The molecule has 0 aromatic carbocycles. The number of pyridine rings is 1. The van der Waals surface area contributed by atoms with Crippen molar-refractivity contribution in [2.75, 3.05) is 5.32 Å². The molecule has 1 amide bonds. The minimum atomic E-state index is -1.35. The van der Waals surface area contributed by atoms with Gasteiger partial charge in [-0.1, -0.05) is 11.6 Å². The summed E-state index contributed by atoms with van der Waals surface area (Å²) in [5.41, 5.74) is -0.206. The molecule has 0 unspecified atom stereocenters. The van der Waals surface area contributed by atoms with Crippen LogP contribution in [0, 0.1) is 5.82 Å². The smallest absolute Gasteiger partial charge is 0.409 e. The van der Waals surface area contributed by atoms with Crippen LogP contribution >= 0.6 is 11.6 Å². The van der Waals surface area contributed by atoms with E-state index in [0.717, 1.165) is 12.3 Å². The van der Waals surface area contributed by atoms with Crippen molar-refractivity contribution >= 4 is 23.4 Å². The van der Waals surface area contributed by atoms with E-state index in [-0.39, 0.29) is 10.8 Å². The third-order valence-corrected chi connectivity index (χ3v) is 1.27. The minimum Gasteiger partial charge on any atom is -0.465 e. The van der Waals surface area contributed by atoms with Gasteiger partial charge < -0.3 is 5.11 Å². The fourth-order valence-corrected chi connectivity index (χ4v) is 0.782. The van der Waals surface area contributed by atoms with Crippen LogP contribution in [0.4, 0.5) is 14.9 Å². The van der Waals surface area contributed by atoms with Gasteiger partial charge in [0.05, 0.1) is 11.9 Å². The molecule has 0 bridgehead atoms. The van der Waals surface area contributed by atoms with Gasteiger partial charge in [0.2, 0.25) is 0 Å². The van der Waals surface area contributed by atoms with Crippen LogP contribution in [-0.2, 0) is 0 Å². The predicted molar refractivity (Wildman–Crippen MR) is 40.9 cm³/mol. The first kappa shape index (κ1) is 8.73. The number of nitrogens with zero attached hydrogens (tertiary/aromatic N) is 1. The van der Waals surface area contributed by atoms with E-state index in [1.165, 1.54) is 0 Å². The van der Waals surface area contributed by atoms with Gasteiger partial charge in [0.1, 0.15) is 5.15 Å². The topological polar surface area (TPSA) is 62.2 Å². The molecule has 0 saturated carbocycles. The van der Waals surface area contributed by atoms with E-state index >= 15 is 0 Å². The Morgan fingerprint density at radius 1 is 1.75 bits per heavy atom. The molecule has 0 spiro atoms. The Hall–Kier alpha value is -1.36. The highest BCUT2D eigenvalue weighted by Gasteiger charge is 2.05. The van der Waals surface area contributed by atoms with Crippen LogP contribution in [0.3, 0.4) is 0 Å². The lowest BCUT2D eigenvalue weighted by molar-refractivity contribution is 0.209. The molecule has 1 aromatic heterocycles. The zero-order chi connectivity index (χ0) is 9.14. The van der Waals surface area contributed by atoms with E-state index in [0.29, 0.717) is 0 Å². The Kier molecular flexibility index (Phi) is 2.44. The summed E-state index contributed by atoms with van der Waals surface area (Å²) in [6.45, 7) is 0. The SMILES string of the molecule is O=C(O)Nc1cc(Cl)ncc1F. The summed E-state index contributed by atoms with van der Waals surface area (Å²) in [6, 6.07) is 1.09. The molecule has 0 radical (unpaired) electrons. The van der Waals surface area contributed by atoms with Gasteiger partial charge in [-0.25, -0.2) is 14.2 Å². The van der Waals surface area contributed by atoms with E-state index in [4.69, 9.17) is 16.7 Å². The summed E-state index contributed by atoms with van der Waals surface area (Å²) in [5.74, 6) is -0.762. The second kappa shape index (κ2) is 3.36. The molecular formula is C6H4ClFN2O2. The molecule has 0 fully saturated rings. The van der Waals surface area contributed by atoms with E-state index in [2.05, 4.69) is 4.98 Å². The van der Waals surface area contributed by atoms with Crippen molar-refractivity contribution in [2.45, 2.75) is 0 Å². The number of aromatic nitrogens is 1. The summed E-state index contributed by atoms with van der Waals surface area (Å²) >= 11 is 5.39. The van der Waals surface area contributed by atoms with Crippen molar-refractivity contribution in [2.24, 2.45) is 0 Å². The maximum Gasteiger partial charge on any atom is 0.409 e. The largest absolute Gasteiger partial charge is 0.465 e. The average molecular weight is 191 g/mol. The molecule has 0 atom stereocenters. The van der Waals surface area contributed by atoms with Crippen molar-refractivity contribution in [3.8, 4) is 0 Å². The number of carbonyl (C=O) groups is 1. The zero-order valence-corrected chi connectivity index (χ0v) is 6.47. The number of amides is 1. The Labute approximate surface area is 72.0 Å². The van der Waals surface area contributed by atoms with Gasteiger partial charge >= 0.3 is 6.09 Å². The standard InChI is InChI=1S/C6H4ClFN2O2/c7-5-1-4(10-6(11)12)3(8)2-9-5/h1-2H,(H,9,10)(H,11,12). The van der Waals surface area contributed by atoms with E-state index < -0.39 is 11.9 Å². The van der Waals surface area contributed by atoms with Crippen molar-refractivity contribution in [3.05, 3.63) is 23.2 Å². The van der Waals surface area contributed by atoms with Gasteiger partial charge in [-0.2, -0.15) is 0 Å². The molecule has 0 saturated heterocycles. The fraction of sp³-hybridized carbons (Fsp3) is 0. The average Bonchev–Trinajstić information content (AvgIpc) is 1.96. The molecule has 64 valence electrons. The summed E-state index contributed by atoms with van der Waals surface area (Å²) in [4.78, 5) is 13.5. The first-order chi connectivity index (χ1) is 5.59. The van der Waals surface area contributed by atoms with Crippen LogP contribution in [0.15, 0.2) is 12.3 Å². The molecular weight excluding hydrogens is 187 g/mol. The maximum atomic E-state index is 12.7. The molecule has 6 heteroatoms. The highest BCUT2D eigenvalue weighted by atomic mass is 35.5. The summed E-state index contributed by atoms with van der Waals surface area (Å²) in [5, 5.41) is 10.1.